The number of fused-ring (bicyclic) bond motifs is 1. The van der Waals surface area contributed by atoms with Crippen molar-refractivity contribution < 1.29 is 9.84 Å². The molecule has 0 saturated carbocycles. The lowest BCUT2D eigenvalue weighted by Gasteiger charge is -2.20. The average molecular weight is 286 g/mol. The molecular weight excluding hydrogens is 268 g/mol. The molecule has 1 aromatic carbocycles. The second kappa shape index (κ2) is 5.97. The predicted octanol–water partition coefficient (Wildman–Crippen LogP) is 1.41. The Labute approximate surface area is 123 Å². The number of anilines is 2. The van der Waals surface area contributed by atoms with Crippen LogP contribution in [0.2, 0.25) is 0 Å². The van der Waals surface area contributed by atoms with E-state index in [-0.39, 0.29) is 6.61 Å². The highest BCUT2D eigenvalue weighted by Gasteiger charge is 2.18. The van der Waals surface area contributed by atoms with Crippen LogP contribution in [-0.2, 0) is 13.2 Å². The van der Waals surface area contributed by atoms with E-state index in [1.165, 1.54) is 0 Å². The Kier molecular flexibility index (Phi) is 3.87. The molecule has 0 aliphatic carbocycles. The number of hydrogen-bond acceptors (Lipinski definition) is 6. The van der Waals surface area contributed by atoms with E-state index in [1.54, 1.807) is 6.20 Å². The highest BCUT2D eigenvalue weighted by molar-refractivity contribution is 5.45. The molecule has 2 heterocycles. The fourth-order valence-electron chi connectivity index (χ4n) is 2.36. The summed E-state index contributed by atoms with van der Waals surface area (Å²) in [6.07, 6.45) is 1.74. The van der Waals surface area contributed by atoms with Crippen LogP contribution in [0.5, 0.6) is 5.75 Å². The van der Waals surface area contributed by atoms with Gasteiger partial charge in [0.1, 0.15) is 18.2 Å². The Balaban J connectivity index is 1.90. The highest BCUT2D eigenvalue weighted by atomic mass is 16.5. The van der Waals surface area contributed by atoms with Crippen LogP contribution in [-0.4, -0.2) is 35.3 Å². The maximum atomic E-state index is 9.27. The van der Waals surface area contributed by atoms with Crippen molar-refractivity contribution in [2.75, 3.05) is 30.4 Å². The van der Waals surface area contributed by atoms with Gasteiger partial charge in [0.05, 0.1) is 13.2 Å². The molecule has 0 spiro atoms. The van der Waals surface area contributed by atoms with Crippen LogP contribution in [0.1, 0.15) is 11.1 Å². The van der Waals surface area contributed by atoms with Gasteiger partial charge < -0.3 is 20.1 Å². The molecule has 6 heteroatoms. The molecule has 0 atom stereocenters. The smallest absolute Gasteiger partial charge is 0.227 e. The fraction of sp³-hybridized carbons (Fsp3) is 0.333. The van der Waals surface area contributed by atoms with E-state index in [4.69, 9.17) is 4.74 Å². The number of hydrogen-bond donors (Lipinski definition) is 2. The summed E-state index contributed by atoms with van der Waals surface area (Å²) in [5, 5.41) is 12.3. The number of benzene rings is 1. The lowest BCUT2D eigenvalue weighted by atomic mass is 10.1. The average Bonchev–Trinajstić information content (AvgIpc) is 2.76. The summed E-state index contributed by atoms with van der Waals surface area (Å²) in [7, 11) is 1.83. The van der Waals surface area contributed by atoms with Crippen molar-refractivity contribution in [3.63, 3.8) is 0 Å². The van der Waals surface area contributed by atoms with E-state index in [1.807, 2.05) is 31.3 Å². The van der Waals surface area contributed by atoms with Crippen LogP contribution in [0.3, 0.4) is 0 Å². The first kappa shape index (κ1) is 13.6. The third-order valence-corrected chi connectivity index (χ3v) is 3.47. The number of nitrogens with one attached hydrogen (secondary N) is 1. The van der Waals surface area contributed by atoms with E-state index in [0.29, 0.717) is 19.1 Å². The van der Waals surface area contributed by atoms with Gasteiger partial charge in [-0.2, -0.15) is 4.98 Å². The third-order valence-electron chi connectivity index (χ3n) is 3.47. The van der Waals surface area contributed by atoms with Gasteiger partial charge in [-0.25, -0.2) is 4.98 Å². The van der Waals surface area contributed by atoms with Gasteiger partial charge in [0, 0.05) is 25.4 Å². The topological polar surface area (TPSA) is 70.5 Å². The first-order valence-electron chi connectivity index (χ1n) is 6.91. The molecule has 110 valence electrons. The lowest BCUT2D eigenvalue weighted by molar-refractivity contribution is 0.281. The van der Waals surface area contributed by atoms with Crippen molar-refractivity contribution in [3.05, 3.63) is 41.6 Å². The zero-order chi connectivity index (χ0) is 14.7. The van der Waals surface area contributed by atoms with Gasteiger partial charge >= 0.3 is 0 Å². The van der Waals surface area contributed by atoms with Gasteiger partial charge in [-0.15, -0.1) is 0 Å². The molecular formula is C15H18N4O2. The summed E-state index contributed by atoms with van der Waals surface area (Å²) in [5.41, 5.74) is 1.92. The van der Waals surface area contributed by atoms with E-state index < -0.39 is 0 Å². The lowest BCUT2D eigenvalue weighted by Crippen LogP contribution is -2.27. The molecule has 0 radical (unpaired) electrons. The number of ether oxygens (including phenoxy) is 1. The van der Waals surface area contributed by atoms with Gasteiger partial charge in [0.25, 0.3) is 0 Å². The number of aromatic nitrogens is 2. The van der Waals surface area contributed by atoms with Crippen LogP contribution in [0, 0.1) is 0 Å². The number of nitrogens with zero attached hydrogens (tertiary/aromatic N) is 3. The van der Waals surface area contributed by atoms with Crippen LogP contribution in [0.15, 0.2) is 30.5 Å². The molecule has 2 N–H and O–H groups in total. The standard InChI is InChI=1S/C15H18N4O2/c1-16-14-4-5-17-15(18-14)19-6-7-21-13-3-2-11(10-20)8-12(13)9-19/h2-5,8,20H,6-7,9-10H2,1H3,(H,16,17,18). The van der Waals surface area contributed by atoms with Crippen molar-refractivity contribution in [2.24, 2.45) is 0 Å². The van der Waals surface area contributed by atoms with Gasteiger partial charge in [0.2, 0.25) is 5.95 Å². The zero-order valence-electron chi connectivity index (χ0n) is 11.9. The summed E-state index contributed by atoms with van der Waals surface area (Å²) in [4.78, 5) is 10.9. The molecule has 6 nitrogen and oxygen atoms in total. The Bertz CT molecular complexity index is 633. The van der Waals surface area contributed by atoms with Crippen molar-refractivity contribution in [1.82, 2.24) is 9.97 Å². The monoisotopic (exact) mass is 286 g/mol. The predicted molar refractivity (Wildman–Crippen MR) is 80.5 cm³/mol. The minimum Gasteiger partial charge on any atom is -0.491 e. The molecule has 21 heavy (non-hydrogen) atoms. The highest BCUT2D eigenvalue weighted by Crippen LogP contribution is 2.26. The summed E-state index contributed by atoms with van der Waals surface area (Å²) < 4.78 is 5.76. The Morgan fingerprint density at radius 3 is 3.10 bits per heavy atom. The van der Waals surface area contributed by atoms with E-state index in [9.17, 15) is 5.11 Å². The molecule has 0 amide bonds. The summed E-state index contributed by atoms with van der Waals surface area (Å²) in [5.74, 6) is 2.32. The summed E-state index contributed by atoms with van der Waals surface area (Å²) in [6, 6.07) is 7.59. The van der Waals surface area contributed by atoms with E-state index in [2.05, 4.69) is 20.2 Å². The van der Waals surface area contributed by atoms with Crippen molar-refractivity contribution in [2.45, 2.75) is 13.2 Å². The minimum absolute atomic E-state index is 0.0268. The van der Waals surface area contributed by atoms with Crippen molar-refractivity contribution >= 4 is 11.8 Å². The number of aliphatic hydroxyl groups is 1. The Morgan fingerprint density at radius 1 is 1.38 bits per heavy atom. The summed E-state index contributed by atoms with van der Waals surface area (Å²) >= 11 is 0. The van der Waals surface area contributed by atoms with Crippen molar-refractivity contribution in [1.29, 1.82) is 0 Å². The first-order chi connectivity index (χ1) is 10.3. The first-order valence-corrected chi connectivity index (χ1v) is 6.91. The molecule has 0 unspecified atom stereocenters. The fourth-order valence-corrected chi connectivity index (χ4v) is 2.36. The second-order valence-corrected chi connectivity index (χ2v) is 4.86. The molecule has 3 rings (SSSR count). The zero-order valence-corrected chi connectivity index (χ0v) is 11.9. The minimum atomic E-state index is 0.0268. The molecule has 2 aromatic rings. The third kappa shape index (κ3) is 2.90. The Morgan fingerprint density at radius 2 is 2.29 bits per heavy atom. The van der Waals surface area contributed by atoms with Gasteiger partial charge in [-0.05, 0) is 23.8 Å². The molecule has 0 fully saturated rings. The maximum absolute atomic E-state index is 9.27. The number of aliphatic hydroxyl groups excluding tert-OH is 1. The molecule has 0 bridgehead atoms. The van der Waals surface area contributed by atoms with Crippen molar-refractivity contribution in [3.8, 4) is 5.75 Å². The maximum Gasteiger partial charge on any atom is 0.227 e. The van der Waals surface area contributed by atoms with Crippen LogP contribution < -0.4 is 15.0 Å². The number of rotatable bonds is 3. The normalized spacial score (nSPS) is 14.1. The SMILES string of the molecule is CNc1ccnc(N2CCOc3ccc(CO)cc3C2)n1. The molecule has 1 aliphatic rings. The summed E-state index contributed by atoms with van der Waals surface area (Å²) in [6.45, 7) is 1.99. The van der Waals surface area contributed by atoms with Gasteiger partial charge in [-0.1, -0.05) is 6.07 Å². The van der Waals surface area contributed by atoms with E-state index >= 15 is 0 Å². The molecule has 1 aromatic heterocycles. The Hall–Kier alpha value is -2.34. The molecule has 0 saturated heterocycles. The molecule has 1 aliphatic heterocycles. The largest absolute Gasteiger partial charge is 0.491 e. The van der Waals surface area contributed by atoms with Gasteiger partial charge in [0.15, 0.2) is 0 Å². The van der Waals surface area contributed by atoms with Crippen LogP contribution >= 0.6 is 0 Å². The quantitative estimate of drug-likeness (QED) is 0.889. The van der Waals surface area contributed by atoms with Gasteiger partial charge in [-0.3, -0.25) is 0 Å². The van der Waals surface area contributed by atoms with E-state index in [0.717, 1.165) is 29.2 Å². The van der Waals surface area contributed by atoms with Crippen LogP contribution in [0.25, 0.3) is 0 Å². The second-order valence-electron chi connectivity index (χ2n) is 4.86. The van der Waals surface area contributed by atoms with Crippen LogP contribution in [0.4, 0.5) is 11.8 Å².